The molecule has 6 nitrogen and oxygen atoms in total. The number of amides is 1. The van der Waals surface area contributed by atoms with Gasteiger partial charge in [0.05, 0.1) is 11.4 Å². The van der Waals surface area contributed by atoms with E-state index in [2.05, 4.69) is 5.32 Å². The third-order valence-electron chi connectivity index (χ3n) is 5.18. The monoisotopic (exact) mass is 401 g/mol. The molecule has 0 spiro atoms. The summed E-state index contributed by atoms with van der Waals surface area (Å²) in [6, 6.07) is 7.04. The van der Waals surface area contributed by atoms with Crippen molar-refractivity contribution in [2.45, 2.75) is 25.7 Å². The molecule has 3 rings (SSSR count). The van der Waals surface area contributed by atoms with Gasteiger partial charge in [-0.15, -0.1) is 12.4 Å². The highest BCUT2D eigenvalue weighted by Crippen LogP contribution is 2.26. The summed E-state index contributed by atoms with van der Waals surface area (Å²) in [5, 5.41) is 3.18. The first-order valence-corrected chi connectivity index (χ1v) is 10.7. The van der Waals surface area contributed by atoms with E-state index in [9.17, 15) is 13.2 Å². The molecule has 26 heavy (non-hydrogen) atoms. The number of sulfonamides is 1. The number of halogens is 1. The van der Waals surface area contributed by atoms with E-state index in [1.807, 2.05) is 11.9 Å². The highest BCUT2D eigenvalue weighted by Gasteiger charge is 2.29. The molecule has 2 aliphatic heterocycles. The van der Waals surface area contributed by atoms with E-state index in [-0.39, 0.29) is 24.1 Å². The molecule has 0 bridgehead atoms. The van der Waals surface area contributed by atoms with Crippen LogP contribution in [0.3, 0.4) is 0 Å². The predicted octanol–water partition coefficient (Wildman–Crippen LogP) is 2.11. The Kier molecular flexibility index (Phi) is 7.32. The van der Waals surface area contributed by atoms with Crippen LogP contribution in [-0.2, 0) is 10.0 Å². The summed E-state index contributed by atoms with van der Waals surface area (Å²) < 4.78 is 25.6. The Bertz CT molecular complexity index is 718. The van der Waals surface area contributed by atoms with Crippen LogP contribution in [0.25, 0.3) is 0 Å². The Morgan fingerprint density at radius 3 is 2.58 bits per heavy atom. The Labute approximate surface area is 162 Å². The molecule has 1 aromatic rings. The topological polar surface area (TPSA) is 69.7 Å². The zero-order chi connectivity index (χ0) is 17.9. The second-order valence-electron chi connectivity index (χ2n) is 6.92. The molecule has 0 unspecified atom stereocenters. The van der Waals surface area contributed by atoms with Crippen LogP contribution >= 0.6 is 12.4 Å². The van der Waals surface area contributed by atoms with Gasteiger partial charge in [0.15, 0.2) is 0 Å². The molecule has 1 amide bonds. The van der Waals surface area contributed by atoms with Gasteiger partial charge in [-0.3, -0.25) is 9.10 Å². The van der Waals surface area contributed by atoms with Gasteiger partial charge in [-0.2, -0.15) is 0 Å². The number of hydrogen-bond donors (Lipinski definition) is 1. The molecule has 2 aliphatic rings. The molecule has 0 aliphatic carbocycles. The average Bonchev–Trinajstić information content (AvgIpc) is 2.99. The van der Waals surface area contributed by atoms with Gasteiger partial charge < -0.3 is 10.2 Å². The highest BCUT2D eigenvalue weighted by molar-refractivity contribution is 7.93. The minimum atomic E-state index is -3.22. The Hall–Kier alpha value is -1.31. The Balaban J connectivity index is 0.00000243. The van der Waals surface area contributed by atoms with Gasteiger partial charge in [0, 0.05) is 25.2 Å². The van der Waals surface area contributed by atoms with Crippen LogP contribution < -0.4 is 9.62 Å². The van der Waals surface area contributed by atoms with Crippen molar-refractivity contribution in [3.63, 3.8) is 0 Å². The van der Waals surface area contributed by atoms with Gasteiger partial charge in [0.2, 0.25) is 10.0 Å². The Morgan fingerprint density at radius 1 is 1.23 bits per heavy atom. The molecular weight excluding hydrogens is 374 g/mol. The number of carbonyl (C=O) groups excluding carboxylic acids is 1. The number of anilines is 1. The van der Waals surface area contributed by atoms with Gasteiger partial charge in [0.25, 0.3) is 5.91 Å². The van der Waals surface area contributed by atoms with Gasteiger partial charge in [-0.25, -0.2) is 8.42 Å². The molecule has 146 valence electrons. The minimum absolute atomic E-state index is 0. The molecule has 1 aromatic carbocycles. The number of likely N-dealkylation sites (tertiary alicyclic amines) is 1. The fourth-order valence-corrected chi connectivity index (χ4v) is 5.24. The molecule has 1 N–H and O–H groups in total. The fraction of sp³-hybridized carbons (Fsp3) is 0.611. The number of benzene rings is 1. The quantitative estimate of drug-likeness (QED) is 0.820. The lowest BCUT2D eigenvalue weighted by Gasteiger charge is -2.32. The van der Waals surface area contributed by atoms with Crippen molar-refractivity contribution < 1.29 is 13.2 Å². The van der Waals surface area contributed by atoms with E-state index in [4.69, 9.17) is 0 Å². The second-order valence-corrected chi connectivity index (χ2v) is 8.93. The summed E-state index contributed by atoms with van der Waals surface area (Å²) in [5.74, 6) is 0.869. The largest absolute Gasteiger partial charge is 0.339 e. The van der Waals surface area contributed by atoms with Crippen LogP contribution in [0.1, 0.15) is 36.0 Å². The smallest absolute Gasteiger partial charge is 0.253 e. The van der Waals surface area contributed by atoms with E-state index in [1.54, 1.807) is 24.3 Å². The van der Waals surface area contributed by atoms with Crippen molar-refractivity contribution in [2.24, 2.45) is 5.92 Å². The zero-order valence-corrected chi connectivity index (χ0v) is 16.8. The van der Waals surface area contributed by atoms with Crippen LogP contribution in [0.2, 0.25) is 0 Å². The lowest BCUT2D eigenvalue weighted by atomic mass is 9.93. The van der Waals surface area contributed by atoms with Crippen molar-refractivity contribution >= 4 is 34.0 Å². The van der Waals surface area contributed by atoms with E-state index >= 15 is 0 Å². The molecule has 8 heteroatoms. The number of rotatable bonds is 5. The summed E-state index contributed by atoms with van der Waals surface area (Å²) in [6.45, 7) is 3.07. The maximum absolute atomic E-state index is 12.8. The van der Waals surface area contributed by atoms with Crippen molar-refractivity contribution in [3.8, 4) is 0 Å². The Morgan fingerprint density at radius 2 is 1.96 bits per heavy atom. The molecule has 0 atom stereocenters. The summed E-state index contributed by atoms with van der Waals surface area (Å²) in [5.41, 5.74) is 1.18. The number of nitrogens with zero attached hydrogens (tertiary/aromatic N) is 2. The number of piperidine rings is 1. The minimum Gasteiger partial charge on any atom is -0.339 e. The summed E-state index contributed by atoms with van der Waals surface area (Å²) in [6.07, 6.45) is 3.86. The molecular formula is C18H28ClN3O3S. The lowest BCUT2D eigenvalue weighted by Crippen LogP contribution is -2.39. The normalized spacial score (nSPS) is 20.0. The first-order valence-electron chi connectivity index (χ1n) is 9.05. The number of hydrogen-bond acceptors (Lipinski definition) is 4. The summed E-state index contributed by atoms with van der Waals surface area (Å²) >= 11 is 0. The van der Waals surface area contributed by atoms with Crippen LogP contribution in [0.15, 0.2) is 24.3 Å². The van der Waals surface area contributed by atoms with Crippen molar-refractivity contribution in [2.75, 3.05) is 43.3 Å². The molecule has 2 heterocycles. The summed E-state index contributed by atoms with van der Waals surface area (Å²) in [7, 11) is -1.26. The predicted molar refractivity (Wildman–Crippen MR) is 107 cm³/mol. The lowest BCUT2D eigenvalue weighted by molar-refractivity contribution is 0.0687. The van der Waals surface area contributed by atoms with E-state index in [0.29, 0.717) is 30.1 Å². The zero-order valence-electron chi connectivity index (χ0n) is 15.2. The molecule has 0 aromatic heterocycles. The number of nitrogens with one attached hydrogen (secondary N) is 1. The van der Waals surface area contributed by atoms with Crippen molar-refractivity contribution in [1.82, 2.24) is 10.2 Å². The standard InChI is InChI=1S/C18H27N3O3S.ClH/c1-19-9-6-15-7-11-20(12-8-15)18(22)16-4-2-5-17(14-16)21-10-3-13-25(21,23)24;/h2,4-5,14-15,19H,3,6-13H2,1H3;1H. The molecule has 2 fully saturated rings. The molecule has 0 radical (unpaired) electrons. The van der Waals surface area contributed by atoms with Crippen LogP contribution in [0.5, 0.6) is 0 Å². The SMILES string of the molecule is CNCCC1CCN(C(=O)c2cccc(N3CCCS3(=O)=O)c2)CC1.Cl. The summed E-state index contributed by atoms with van der Waals surface area (Å²) in [4.78, 5) is 14.7. The van der Waals surface area contributed by atoms with E-state index < -0.39 is 10.0 Å². The van der Waals surface area contributed by atoms with Crippen LogP contribution in [0.4, 0.5) is 5.69 Å². The maximum Gasteiger partial charge on any atom is 0.253 e. The average molecular weight is 402 g/mol. The van der Waals surface area contributed by atoms with E-state index in [1.165, 1.54) is 4.31 Å². The van der Waals surface area contributed by atoms with Crippen LogP contribution in [0, 0.1) is 5.92 Å². The fourth-order valence-electron chi connectivity index (χ4n) is 3.68. The molecule has 0 saturated carbocycles. The number of carbonyl (C=O) groups is 1. The van der Waals surface area contributed by atoms with Gasteiger partial charge in [0.1, 0.15) is 0 Å². The third-order valence-corrected chi connectivity index (χ3v) is 7.05. The molecule has 2 saturated heterocycles. The second kappa shape index (κ2) is 9.06. The first kappa shape index (κ1) is 21.0. The van der Waals surface area contributed by atoms with Crippen molar-refractivity contribution in [3.05, 3.63) is 29.8 Å². The third kappa shape index (κ3) is 4.69. The van der Waals surface area contributed by atoms with Gasteiger partial charge in [-0.1, -0.05) is 6.07 Å². The van der Waals surface area contributed by atoms with Gasteiger partial charge >= 0.3 is 0 Å². The van der Waals surface area contributed by atoms with Crippen LogP contribution in [-0.4, -0.2) is 58.2 Å². The van der Waals surface area contributed by atoms with Crippen molar-refractivity contribution in [1.29, 1.82) is 0 Å². The van der Waals surface area contributed by atoms with E-state index in [0.717, 1.165) is 38.9 Å². The van der Waals surface area contributed by atoms with Gasteiger partial charge in [-0.05, 0) is 63.4 Å². The highest BCUT2D eigenvalue weighted by atomic mass is 35.5. The maximum atomic E-state index is 12.8. The first-order chi connectivity index (χ1) is 12.0.